The number of nitrogens with zero attached hydrogens (tertiary/aromatic N) is 4. The van der Waals surface area contributed by atoms with Crippen LogP contribution in [0.1, 0.15) is 25.8 Å². The number of sulfone groups is 1. The molecule has 0 aliphatic carbocycles. The third-order valence-corrected chi connectivity index (χ3v) is 7.57. The average molecular weight is 485 g/mol. The van der Waals surface area contributed by atoms with Gasteiger partial charge in [-0.05, 0) is 18.4 Å². The molecule has 0 spiro atoms. The van der Waals surface area contributed by atoms with Gasteiger partial charge < -0.3 is 4.90 Å². The van der Waals surface area contributed by atoms with Gasteiger partial charge in [0.05, 0.1) is 27.8 Å². The number of aromatic nitrogens is 3. The summed E-state index contributed by atoms with van der Waals surface area (Å²) in [5, 5.41) is 7.54. The molecule has 1 aliphatic heterocycles. The van der Waals surface area contributed by atoms with E-state index in [0.717, 1.165) is 28.4 Å². The van der Waals surface area contributed by atoms with Gasteiger partial charge in [-0.2, -0.15) is 13.2 Å². The fourth-order valence-corrected chi connectivity index (χ4v) is 6.04. The predicted octanol–water partition coefficient (Wildman–Crippen LogP) is 3.17. The van der Waals surface area contributed by atoms with Crippen LogP contribution in [0.25, 0.3) is 5.65 Å². The number of hydrogen-bond donors (Lipinski definition) is 0. The molecule has 2 aromatic rings. The van der Waals surface area contributed by atoms with Gasteiger partial charge in [0, 0.05) is 18.8 Å². The van der Waals surface area contributed by atoms with E-state index in [-0.39, 0.29) is 44.9 Å². The zero-order valence-electron chi connectivity index (χ0n) is 16.2. The predicted molar refractivity (Wildman–Crippen MR) is 107 cm³/mol. The van der Waals surface area contributed by atoms with Crippen LogP contribution in [0.5, 0.6) is 0 Å². The Balaban J connectivity index is 1.80. The highest BCUT2D eigenvalue weighted by atomic mass is 35.5. The van der Waals surface area contributed by atoms with Gasteiger partial charge in [-0.25, -0.2) is 8.42 Å². The number of alkyl halides is 3. The SMILES string of the molecule is CC(C)CN(C(=O)CSc1nnc2c(Cl)cc(C(F)(F)F)cn12)[C@H]1CCS(=O)(=O)C1. The van der Waals surface area contributed by atoms with Gasteiger partial charge in [0.1, 0.15) is 0 Å². The van der Waals surface area contributed by atoms with Crippen molar-refractivity contribution in [1.82, 2.24) is 19.5 Å². The Morgan fingerprint density at radius 2 is 2.10 bits per heavy atom. The van der Waals surface area contributed by atoms with E-state index in [0.29, 0.717) is 13.0 Å². The van der Waals surface area contributed by atoms with Crippen LogP contribution in [0.3, 0.4) is 0 Å². The highest BCUT2D eigenvalue weighted by Crippen LogP contribution is 2.33. The minimum absolute atomic E-state index is 0.0419. The zero-order chi connectivity index (χ0) is 22.3. The number of thioether (sulfide) groups is 1. The fourth-order valence-electron chi connectivity index (χ4n) is 3.27. The Kier molecular flexibility index (Phi) is 6.59. The van der Waals surface area contributed by atoms with Crippen molar-refractivity contribution in [3.8, 4) is 0 Å². The van der Waals surface area contributed by atoms with Crippen LogP contribution >= 0.6 is 23.4 Å². The number of hydrogen-bond acceptors (Lipinski definition) is 6. The monoisotopic (exact) mass is 484 g/mol. The maximum atomic E-state index is 13.1. The molecule has 2 aromatic heterocycles. The van der Waals surface area contributed by atoms with Gasteiger partial charge in [0.25, 0.3) is 0 Å². The Labute approximate surface area is 180 Å². The summed E-state index contributed by atoms with van der Waals surface area (Å²) in [5.41, 5.74) is -0.897. The van der Waals surface area contributed by atoms with Crippen LogP contribution in [-0.4, -0.2) is 63.7 Å². The van der Waals surface area contributed by atoms with E-state index in [9.17, 15) is 26.4 Å². The van der Waals surface area contributed by atoms with E-state index in [1.807, 2.05) is 13.8 Å². The van der Waals surface area contributed by atoms with Crippen molar-refractivity contribution in [1.29, 1.82) is 0 Å². The molecule has 0 bridgehead atoms. The molecule has 30 heavy (non-hydrogen) atoms. The van der Waals surface area contributed by atoms with Gasteiger partial charge >= 0.3 is 6.18 Å². The van der Waals surface area contributed by atoms with Gasteiger partial charge in [0.15, 0.2) is 20.6 Å². The molecule has 166 valence electrons. The number of carbonyl (C=O) groups is 1. The summed E-state index contributed by atoms with van der Waals surface area (Å²) in [6.45, 7) is 4.23. The minimum atomic E-state index is -4.60. The Hall–Kier alpha value is -1.53. The van der Waals surface area contributed by atoms with Gasteiger partial charge in [-0.15, -0.1) is 10.2 Å². The van der Waals surface area contributed by atoms with Crippen LogP contribution in [0, 0.1) is 5.92 Å². The lowest BCUT2D eigenvalue weighted by Crippen LogP contribution is -2.44. The van der Waals surface area contributed by atoms with Gasteiger partial charge in [-0.3, -0.25) is 9.20 Å². The lowest BCUT2D eigenvalue weighted by molar-refractivity contribution is -0.138. The van der Waals surface area contributed by atoms with Crippen molar-refractivity contribution in [2.24, 2.45) is 5.92 Å². The molecule has 1 fully saturated rings. The molecule has 1 atom stereocenters. The van der Waals surface area contributed by atoms with Crippen molar-refractivity contribution in [3.05, 3.63) is 22.8 Å². The molecular formula is C17H20ClF3N4O3S2. The first-order chi connectivity index (χ1) is 13.9. The number of amides is 1. The lowest BCUT2D eigenvalue weighted by Gasteiger charge is -2.29. The van der Waals surface area contributed by atoms with Crippen LogP contribution in [0.4, 0.5) is 13.2 Å². The molecule has 0 N–H and O–H groups in total. The standard InChI is InChI=1S/C17H20ClF3N4O3S2/c1-10(2)6-24(12-3-4-30(27,28)9-12)14(26)8-29-16-23-22-15-13(18)5-11(7-25(15)16)17(19,20)21/h5,7,10,12H,3-4,6,8-9H2,1-2H3/t12-/m0/s1. The molecule has 1 amide bonds. The third kappa shape index (κ3) is 5.20. The number of pyridine rings is 1. The minimum Gasteiger partial charge on any atom is -0.338 e. The lowest BCUT2D eigenvalue weighted by atomic mass is 10.1. The zero-order valence-corrected chi connectivity index (χ0v) is 18.6. The van der Waals surface area contributed by atoms with Crippen molar-refractivity contribution in [2.75, 3.05) is 23.8 Å². The smallest absolute Gasteiger partial charge is 0.338 e. The molecule has 0 saturated carbocycles. The maximum absolute atomic E-state index is 13.1. The Morgan fingerprint density at radius 3 is 2.67 bits per heavy atom. The number of carbonyl (C=O) groups excluding carboxylic acids is 1. The highest BCUT2D eigenvalue weighted by Gasteiger charge is 2.35. The Morgan fingerprint density at radius 1 is 1.40 bits per heavy atom. The first-order valence-electron chi connectivity index (χ1n) is 9.11. The second-order valence-electron chi connectivity index (χ2n) is 7.54. The number of halogens is 4. The average Bonchev–Trinajstić information content (AvgIpc) is 3.19. The first kappa shape index (κ1) is 23.1. The molecule has 1 aliphatic rings. The Bertz CT molecular complexity index is 1060. The van der Waals surface area contributed by atoms with Crippen LogP contribution < -0.4 is 0 Å². The van der Waals surface area contributed by atoms with E-state index in [1.165, 1.54) is 0 Å². The van der Waals surface area contributed by atoms with Crippen molar-refractivity contribution in [2.45, 2.75) is 37.6 Å². The van der Waals surface area contributed by atoms with Gasteiger partial charge in [-0.1, -0.05) is 37.2 Å². The topological polar surface area (TPSA) is 84.6 Å². The molecular weight excluding hydrogens is 465 g/mol. The van der Waals surface area contributed by atoms with Crippen LogP contribution in [0.15, 0.2) is 17.4 Å². The quantitative estimate of drug-likeness (QED) is 0.585. The molecule has 13 heteroatoms. The second kappa shape index (κ2) is 8.54. The third-order valence-electron chi connectivity index (χ3n) is 4.61. The molecule has 3 rings (SSSR count). The summed E-state index contributed by atoms with van der Waals surface area (Å²) in [6.07, 6.45) is -3.38. The van der Waals surface area contributed by atoms with E-state index in [4.69, 9.17) is 11.6 Å². The summed E-state index contributed by atoms with van der Waals surface area (Å²) in [6, 6.07) is 0.378. The summed E-state index contributed by atoms with van der Waals surface area (Å²) >= 11 is 6.83. The van der Waals surface area contributed by atoms with Gasteiger partial charge in [0.2, 0.25) is 5.91 Å². The largest absolute Gasteiger partial charge is 0.417 e. The molecule has 3 heterocycles. The van der Waals surface area contributed by atoms with Crippen LogP contribution in [0.2, 0.25) is 5.02 Å². The van der Waals surface area contributed by atoms with Crippen molar-refractivity contribution < 1.29 is 26.4 Å². The van der Waals surface area contributed by atoms with Crippen LogP contribution in [-0.2, 0) is 20.8 Å². The first-order valence-corrected chi connectivity index (χ1v) is 12.3. The number of rotatable bonds is 6. The van der Waals surface area contributed by atoms with Crippen molar-refractivity contribution in [3.63, 3.8) is 0 Å². The highest BCUT2D eigenvalue weighted by molar-refractivity contribution is 7.99. The maximum Gasteiger partial charge on any atom is 0.417 e. The summed E-state index contributed by atoms with van der Waals surface area (Å²) in [5.74, 6) is -0.317. The van der Waals surface area contributed by atoms with E-state index < -0.39 is 27.6 Å². The van der Waals surface area contributed by atoms with Crippen molar-refractivity contribution >= 4 is 44.8 Å². The molecule has 0 unspecified atom stereocenters. The molecule has 0 aromatic carbocycles. The molecule has 1 saturated heterocycles. The fraction of sp³-hybridized carbons (Fsp3) is 0.588. The summed E-state index contributed by atoms with van der Waals surface area (Å²) in [7, 11) is -3.17. The summed E-state index contributed by atoms with van der Waals surface area (Å²) < 4.78 is 64.0. The normalized spacial score (nSPS) is 19.0. The second-order valence-corrected chi connectivity index (χ2v) is 11.1. The molecule has 7 nitrogen and oxygen atoms in total. The summed E-state index contributed by atoms with van der Waals surface area (Å²) in [4.78, 5) is 14.4. The molecule has 0 radical (unpaired) electrons. The number of fused-ring (bicyclic) bond motifs is 1. The van der Waals surface area contributed by atoms with E-state index in [1.54, 1.807) is 4.90 Å². The van der Waals surface area contributed by atoms with E-state index >= 15 is 0 Å². The van der Waals surface area contributed by atoms with E-state index in [2.05, 4.69) is 10.2 Å².